The lowest BCUT2D eigenvalue weighted by Gasteiger charge is -2.42. The zero-order valence-electron chi connectivity index (χ0n) is 20.7. The van der Waals surface area contributed by atoms with Gasteiger partial charge in [0, 0.05) is 62.9 Å². The van der Waals surface area contributed by atoms with Gasteiger partial charge in [-0.15, -0.1) is 0 Å². The van der Waals surface area contributed by atoms with Crippen LogP contribution >= 0.6 is 11.6 Å². The molecule has 10 heteroatoms. The Morgan fingerprint density at radius 1 is 1.00 bits per heavy atom. The van der Waals surface area contributed by atoms with Crippen molar-refractivity contribution in [3.63, 3.8) is 0 Å². The van der Waals surface area contributed by atoms with E-state index >= 15 is 0 Å². The van der Waals surface area contributed by atoms with Crippen LogP contribution in [0.4, 0.5) is 4.79 Å². The van der Waals surface area contributed by atoms with Crippen LogP contribution in [0.1, 0.15) is 39.0 Å². The predicted molar refractivity (Wildman–Crippen MR) is 135 cm³/mol. The molecule has 1 amide bonds. The normalized spacial score (nSPS) is 25.8. The molecule has 0 N–H and O–H groups in total. The standard InChI is InChI=1S/C12H16ClNOS.C12H23N3O3/c1-10-4-2-3-9-14(10)16(15)12-7-5-11(13)6-8-12;1-13-6-8-14(9-7-13)11-4-3-5-15(10-11)12(16)18-17-2/h5-8,10H,2-4,9H2,1H3;11H,3-10H2,1-2H3/t10-,16?;/m1./s1. The monoisotopic (exact) mass is 514 g/mol. The summed E-state index contributed by atoms with van der Waals surface area (Å²) >= 11 is 5.82. The average molecular weight is 515 g/mol. The Balaban J connectivity index is 0.000000192. The average Bonchev–Trinajstić information content (AvgIpc) is 2.85. The summed E-state index contributed by atoms with van der Waals surface area (Å²) in [4.78, 5) is 28.1. The molecule has 34 heavy (non-hydrogen) atoms. The van der Waals surface area contributed by atoms with Crippen molar-refractivity contribution in [2.45, 2.75) is 56.0 Å². The number of amides is 1. The number of hydrogen-bond donors (Lipinski definition) is 0. The molecule has 0 bridgehead atoms. The van der Waals surface area contributed by atoms with E-state index in [1.54, 1.807) is 17.0 Å². The van der Waals surface area contributed by atoms with E-state index < -0.39 is 11.0 Å². The number of rotatable bonds is 4. The number of hydrogen-bond acceptors (Lipinski definition) is 6. The van der Waals surface area contributed by atoms with Crippen molar-refractivity contribution in [2.24, 2.45) is 0 Å². The number of likely N-dealkylation sites (N-methyl/N-ethyl adjacent to an activating group) is 1. The van der Waals surface area contributed by atoms with Crippen LogP contribution in [0.25, 0.3) is 0 Å². The zero-order valence-corrected chi connectivity index (χ0v) is 22.2. The Kier molecular flexibility index (Phi) is 11.1. The van der Waals surface area contributed by atoms with Crippen molar-refractivity contribution < 1.29 is 18.8 Å². The fourth-order valence-electron chi connectivity index (χ4n) is 4.73. The van der Waals surface area contributed by atoms with Gasteiger partial charge < -0.3 is 9.80 Å². The highest BCUT2D eigenvalue weighted by Gasteiger charge is 2.30. The van der Waals surface area contributed by atoms with E-state index in [4.69, 9.17) is 11.6 Å². The fourth-order valence-corrected chi connectivity index (χ4v) is 6.23. The number of nitrogens with zero attached hydrogens (tertiary/aromatic N) is 4. The number of halogens is 1. The van der Waals surface area contributed by atoms with Gasteiger partial charge in [-0.05, 0) is 63.9 Å². The summed E-state index contributed by atoms with van der Waals surface area (Å²) in [6, 6.07) is 8.16. The first-order valence-electron chi connectivity index (χ1n) is 12.2. The molecular weight excluding hydrogens is 476 g/mol. The summed E-state index contributed by atoms with van der Waals surface area (Å²) in [5, 5.41) is 0.687. The number of piperazine rings is 1. The van der Waals surface area contributed by atoms with Gasteiger partial charge in [-0.2, -0.15) is 4.89 Å². The summed E-state index contributed by atoms with van der Waals surface area (Å²) in [6.07, 6.45) is 5.37. The topological polar surface area (TPSA) is 65.6 Å². The summed E-state index contributed by atoms with van der Waals surface area (Å²) in [5.41, 5.74) is 0. The van der Waals surface area contributed by atoms with Crippen molar-refractivity contribution >= 4 is 28.7 Å². The Morgan fingerprint density at radius 2 is 1.71 bits per heavy atom. The molecule has 3 fully saturated rings. The fraction of sp³-hybridized carbons (Fsp3) is 0.708. The van der Waals surface area contributed by atoms with Gasteiger partial charge in [0.25, 0.3) is 0 Å². The molecule has 3 aliphatic rings. The maximum absolute atomic E-state index is 12.3. The first-order chi connectivity index (χ1) is 16.4. The molecule has 1 aromatic carbocycles. The molecule has 3 saturated heterocycles. The number of benzene rings is 1. The van der Waals surface area contributed by atoms with Crippen LogP contribution in [0.15, 0.2) is 29.2 Å². The lowest BCUT2D eigenvalue weighted by molar-refractivity contribution is -0.222. The minimum atomic E-state index is -1.03. The van der Waals surface area contributed by atoms with Gasteiger partial charge >= 0.3 is 6.09 Å². The van der Waals surface area contributed by atoms with Crippen LogP contribution in [0.3, 0.4) is 0 Å². The van der Waals surface area contributed by atoms with Crippen molar-refractivity contribution in [3.8, 4) is 0 Å². The highest BCUT2D eigenvalue weighted by atomic mass is 35.5. The number of carbonyl (C=O) groups excluding carboxylic acids is 1. The summed E-state index contributed by atoms with van der Waals surface area (Å²) in [7, 11) is 2.48. The van der Waals surface area contributed by atoms with Gasteiger partial charge in [-0.1, -0.05) is 18.0 Å². The minimum absolute atomic E-state index is 0.365. The van der Waals surface area contributed by atoms with E-state index in [1.807, 2.05) is 12.1 Å². The predicted octanol–water partition coefficient (Wildman–Crippen LogP) is 3.63. The van der Waals surface area contributed by atoms with Crippen molar-refractivity contribution in [2.75, 3.05) is 60.0 Å². The molecule has 8 nitrogen and oxygen atoms in total. The van der Waals surface area contributed by atoms with Crippen LogP contribution in [-0.4, -0.2) is 101 Å². The smallest absolute Gasteiger partial charge is 0.304 e. The van der Waals surface area contributed by atoms with Crippen LogP contribution in [0, 0.1) is 0 Å². The van der Waals surface area contributed by atoms with Gasteiger partial charge in [0.1, 0.15) is 11.0 Å². The molecule has 3 heterocycles. The molecule has 0 aromatic heterocycles. The summed E-state index contributed by atoms with van der Waals surface area (Å²) in [6.45, 7) is 9.00. The number of likely N-dealkylation sites (tertiary alicyclic amines) is 1. The molecule has 0 saturated carbocycles. The minimum Gasteiger partial charge on any atom is -0.304 e. The quantitative estimate of drug-likeness (QED) is 0.451. The van der Waals surface area contributed by atoms with E-state index in [-0.39, 0.29) is 6.09 Å². The van der Waals surface area contributed by atoms with Crippen LogP contribution in [0.2, 0.25) is 5.02 Å². The maximum Gasteiger partial charge on any atom is 0.441 e. The van der Waals surface area contributed by atoms with Crippen molar-refractivity contribution in [1.82, 2.24) is 19.0 Å². The van der Waals surface area contributed by atoms with Gasteiger partial charge in [0.15, 0.2) is 0 Å². The molecular formula is C24H39ClN4O4S. The van der Waals surface area contributed by atoms with Gasteiger partial charge in [0.05, 0.1) is 12.0 Å². The van der Waals surface area contributed by atoms with E-state index in [1.165, 1.54) is 20.0 Å². The zero-order chi connectivity index (χ0) is 24.5. The molecule has 0 aliphatic carbocycles. The Hall–Kier alpha value is -1.23. The molecule has 0 radical (unpaired) electrons. The second-order valence-electron chi connectivity index (χ2n) is 9.29. The Labute approximate surface area is 211 Å². The molecule has 0 spiro atoms. The van der Waals surface area contributed by atoms with Gasteiger partial charge in [0.2, 0.25) is 0 Å². The number of carbonyl (C=O) groups is 1. The lowest BCUT2D eigenvalue weighted by atomic mass is 10.0. The highest BCUT2D eigenvalue weighted by molar-refractivity contribution is 7.82. The third-order valence-electron chi connectivity index (χ3n) is 6.83. The van der Waals surface area contributed by atoms with E-state index in [2.05, 4.69) is 37.9 Å². The van der Waals surface area contributed by atoms with Crippen LogP contribution < -0.4 is 0 Å². The molecule has 3 atom stereocenters. The third-order valence-corrected chi connectivity index (χ3v) is 8.73. The van der Waals surface area contributed by atoms with Crippen molar-refractivity contribution in [3.05, 3.63) is 29.3 Å². The van der Waals surface area contributed by atoms with E-state index in [0.29, 0.717) is 17.1 Å². The maximum atomic E-state index is 12.3. The molecule has 4 rings (SSSR count). The molecule has 192 valence electrons. The number of piperidine rings is 2. The second kappa shape index (κ2) is 13.8. The first kappa shape index (κ1) is 27.4. The van der Waals surface area contributed by atoms with E-state index in [9.17, 15) is 9.00 Å². The second-order valence-corrected chi connectivity index (χ2v) is 11.2. The van der Waals surface area contributed by atoms with Gasteiger partial charge in [-0.3, -0.25) is 9.79 Å². The molecule has 2 unspecified atom stereocenters. The largest absolute Gasteiger partial charge is 0.441 e. The van der Waals surface area contributed by atoms with Crippen LogP contribution in [-0.2, 0) is 20.8 Å². The Morgan fingerprint density at radius 3 is 2.35 bits per heavy atom. The summed E-state index contributed by atoms with van der Waals surface area (Å²) in [5.74, 6) is 0. The highest BCUT2D eigenvalue weighted by Crippen LogP contribution is 2.23. The lowest BCUT2D eigenvalue weighted by Crippen LogP contribution is -2.55. The van der Waals surface area contributed by atoms with E-state index in [0.717, 1.165) is 70.0 Å². The summed E-state index contributed by atoms with van der Waals surface area (Å²) < 4.78 is 14.4. The third kappa shape index (κ3) is 7.90. The SMILES string of the molecule is COOC(=O)N1CCCC(N2CCN(C)CC2)C1.C[C@@H]1CCCCN1S(=O)c1ccc(Cl)cc1. The molecule has 3 aliphatic heterocycles. The molecule has 1 aromatic rings. The van der Waals surface area contributed by atoms with Crippen molar-refractivity contribution in [1.29, 1.82) is 0 Å². The van der Waals surface area contributed by atoms with Gasteiger partial charge in [-0.25, -0.2) is 13.3 Å². The van der Waals surface area contributed by atoms with Crippen LogP contribution in [0.5, 0.6) is 0 Å². The first-order valence-corrected chi connectivity index (χ1v) is 13.7. The Bertz CT molecular complexity index is 792.